The van der Waals surface area contributed by atoms with Crippen molar-refractivity contribution >= 4 is 5.91 Å². The van der Waals surface area contributed by atoms with E-state index in [1.54, 1.807) is 12.1 Å². The number of hydrogen-bond acceptors (Lipinski definition) is 4. The van der Waals surface area contributed by atoms with Gasteiger partial charge in [-0.05, 0) is 75.7 Å². The molecule has 0 aliphatic carbocycles. The third kappa shape index (κ3) is 5.99. The SMILES string of the molecule is CC(C)Oc1ccc(C(=O)NCc2ccc(OC3CCN(C)CC3)cc2)cc1. The zero-order valence-electron chi connectivity index (χ0n) is 17.0. The summed E-state index contributed by atoms with van der Waals surface area (Å²) < 4.78 is 11.7. The zero-order valence-corrected chi connectivity index (χ0v) is 17.0. The average molecular weight is 383 g/mol. The van der Waals surface area contributed by atoms with Crippen molar-refractivity contribution in [3.8, 4) is 11.5 Å². The largest absolute Gasteiger partial charge is 0.491 e. The fraction of sp³-hybridized carbons (Fsp3) is 0.435. The number of ether oxygens (including phenoxy) is 2. The van der Waals surface area contributed by atoms with Crippen molar-refractivity contribution in [1.29, 1.82) is 0 Å². The summed E-state index contributed by atoms with van der Waals surface area (Å²) in [7, 11) is 2.15. The standard InChI is InChI=1S/C23H30N2O3/c1-17(2)27-20-10-6-19(7-11-20)23(26)24-16-18-4-8-21(9-5-18)28-22-12-14-25(3)15-13-22/h4-11,17,22H,12-16H2,1-3H3,(H,24,26). The lowest BCUT2D eigenvalue weighted by atomic mass is 10.1. The first-order valence-corrected chi connectivity index (χ1v) is 9.98. The van der Waals surface area contributed by atoms with Crippen molar-refractivity contribution in [3.63, 3.8) is 0 Å². The molecule has 0 unspecified atom stereocenters. The Kier molecular flexibility index (Phi) is 6.93. The highest BCUT2D eigenvalue weighted by Gasteiger charge is 2.17. The first kappa shape index (κ1) is 20.2. The molecule has 1 N–H and O–H groups in total. The lowest BCUT2D eigenvalue weighted by Crippen LogP contribution is -2.35. The Morgan fingerprint density at radius 1 is 1.04 bits per heavy atom. The van der Waals surface area contributed by atoms with E-state index >= 15 is 0 Å². The van der Waals surface area contributed by atoms with Crippen molar-refractivity contribution in [2.75, 3.05) is 20.1 Å². The maximum Gasteiger partial charge on any atom is 0.251 e. The third-order valence-electron chi connectivity index (χ3n) is 4.83. The number of carbonyl (C=O) groups is 1. The molecule has 1 amide bonds. The minimum Gasteiger partial charge on any atom is -0.491 e. The lowest BCUT2D eigenvalue weighted by molar-refractivity contribution is 0.0951. The molecule has 0 bridgehead atoms. The molecule has 0 atom stereocenters. The molecule has 150 valence electrons. The van der Waals surface area contributed by atoms with Crippen molar-refractivity contribution < 1.29 is 14.3 Å². The summed E-state index contributed by atoms with van der Waals surface area (Å²) in [5, 5.41) is 2.96. The summed E-state index contributed by atoms with van der Waals surface area (Å²) in [4.78, 5) is 14.7. The van der Waals surface area contributed by atoms with Gasteiger partial charge in [0.25, 0.3) is 5.91 Å². The van der Waals surface area contributed by atoms with Gasteiger partial charge in [0.05, 0.1) is 6.10 Å². The van der Waals surface area contributed by atoms with Gasteiger partial charge in [-0.25, -0.2) is 0 Å². The Morgan fingerprint density at radius 3 is 2.25 bits per heavy atom. The maximum absolute atomic E-state index is 12.3. The van der Waals surface area contributed by atoms with E-state index in [0.29, 0.717) is 18.2 Å². The van der Waals surface area contributed by atoms with E-state index in [4.69, 9.17) is 9.47 Å². The maximum atomic E-state index is 12.3. The number of likely N-dealkylation sites (tertiary alicyclic amines) is 1. The molecule has 3 rings (SSSR count). The number of amides is 1. The molecule has 0 radical (unpaired) electrons. The molecule has 2 aromatic carbocycles. The van der Waals surface area contributed by atoms with Crippen LogP contribution in [0.15, 0.2) is 48.5 Å². The summed E-state index contributed by atoms with van der Waals surface area (Å²) in [5.74, 6) is 1.57. The predicted molar refractivity (Wildman–Crippen MR) is 111 cm³/mol. The van der Waals surface area contributed by atoms with E-state index < -0.39 is 0 Å². The van der Waals surface area contributed by atoms with Gasteiger partial charge in [0.1, 0.15) is 17.6 Å². The quantitative estimate of drug-likeness (QED) is 0.790. The van der Waals surface area contributed by atoms with Crippen LogP contribution in [0.4, 0.5) is 0 Å². The van der Waals surface area contributed by atoms with Gasteiger partial charge in [0, 0.05) is 25.2 Å². The monoisotopic (exact) mass is 382 g/mol. The molecule has 2 aromatic rings. The highest BCUT2D eigenvalue weighted by atomic mass is 16.5. The molecular formula is C23H30N2O3. The minimum absolute atomic E-state index is 0.0947. The van der Waals surface area contributed by atoms with Crippen molar-refractivity contribution in [1.82, 2.24) is 10.2 Å². The van der Waals surface area contributed by atoms with Gasteiger partial charge in [-0.15, -0.1) is 0 Å². The molecule has 0 saturated carbocycles. The van der Waals surface area contributed by atoms with E-state index in [2.05, 4.69) is 17.3 Å². The summed E-state index contributed by atoms with van der Waals surface area (Å²) in [6, 6.07) is 15.2. The van der Waals surface area contributed by atoms with Gasteiger partial charge < -0.3 is 19.7 Å². The van der Waals surface area contributed by atoms with Gasteiger partial charge in [0.2, 0.25) is 0 Å². The molecule has 0 aromatic heterocycles. The normalized spacial score (nSPS) is 15.4. The van der Waals surface area contributed by atoms with Crippen LogP contribution < -0.4 is 14.8 Å². The Hall–Kier alpha value is -2.53. The van der Waals surface area contributed by atoms with Crippen LogP contribution in [0.5, 0.6) is 11.5 Å². The topological polar surface area (TPSA) is 50.8 Å². The summed E-state index contributed by atoms with van der Waals surface area (Å²) in [6.07, 6.45) is 2.54. The molecule has 1 saturated heterocycles. The van der Waals surface area contributed by atoms with E-state index in [1.807, 2.05) is 50.2 Å². The highest BCUT2D eigenvalue weighted by molar-refractivity contribution is 5.94. The Labute approximate surface area is 167 Å². The Balaban J connectivity index is 1.47. The first-order chi connectivity index (χ1) is 13.5. The Morgan fingerprint density at radius 2 is 1.64 bits per heavy atom. The van der Waals surface area contributed by atoms with Crippen molar-refractivity contribution in [3.05, 3.63) is 59.7 Å². The van der Waals surface area contributed by atoms with Crippen LogP contribution in [0.25, 0.3) is 0 Å². The van der Waals surface area contributed by atoms with Crippen molar-refractivity contribution in [2.24, 2.45) is 0 Å². The number of piperidine rings is 1. The fourth-order valence-electron chi connectivity index (χ4n) is 3.22. The second-order valence-electron chi connectivity index (χ2n) is 7.64. The Bertz CT molecular complexity index is 748. The molecule has 5 heteroatoms. The van der Waals surface area contributed by atoms with Gasteiger partial charge in [-0.1, -0.05) is 12.1 Å². The summed E-state index contributed by atoms with van der Waals surface area (Å²) >= 11 is 0. The molecular weight excluding hydrogens is 352 g/mol. The fourth-order valence-corrected chi connectivity index (χ4v) is 3.22. The predicted octanol–water partition coefficient (Wildman–Crippen LogP) is 3.88. The van der Waals surface area contributed by atoms with E-state index in [-0.39, 0.29) is 12.0 Å². The second kappa shape index (κ2) is 9.60. The third-order valence-corrected chi connectivity index (χ3v) is 4.83. The molecule has 1 heterocycles. The molecule has 0 spiro atoms. The molecule has 1 aliphatic rings. The van der Waals surface area contributed by atoms with Crippen LogP contribution in [-0.4, -0.2) is 43.2 Å². The number of carbonyl (C=O) groups excluding carboxylic acids is 1. The van der Waals surface area contributed by atoms with Crippen LogP contribution >= 0.6 is 0 Å². The lowest BCUT2D eigenvalue weighted by Gasteiger charge is -2.29. The van der Waals surface area contributed by atoms with Crippen molar-refractivity contribution in [2.45, 2.75) is 45.4 Å². The number of rotatable bonds is 7. The van der Waals surface area contributed by atoms with E-state index in [1.165, 1.54) is 0 Å². The summed E-state index contributed by atoms with van der Waals surface area (Å²) in [6.45, 7) is 6.60. The van der Waals surface area contributed by atoms with E-state index in [0.717, 1.165) is 43.0 Å². The first-order valence-electron chi connectivity index (χ1n) is 9.98. The van der Waals surface area contributed by atoms with Crippen LogP contribution in [0, 0.1) is 0 Å². The van der Waals surface area contributed by atoms with E-state index in [9.17, 15) is 4.79 Å². The van der Waals surface area contributed by atoms with Gasteiger partial charge in [0.15, 0.2) is 0 Å². The average Bonchev–Trinajstić information content (AvgIpc) is 2.69. The minimum atomic E-state index is -0.0947. The van der Waals surface area contributed by atoms with Gasteiger partial charge in [-0.3, -0.25) is 4.79 Å². The number of nitrogens with one attached hydrogen (secondary N) is 1. The van der Waals surface area contributed by atoms with Crippen LogP contribution in [0.1, 0.15) is 42.6 Å². The smallest absolute Gasteiger partial charge is 0.251 e. The second-order valence-corrected chi connectivity index (χ2v) is 7.64. The molecule has 5 nitrogen and oxygen atoms in total. The highest BCUT2D eigenvalue weighted by Crippen LogP contribution is 2.19. The summed E-state index contributed by atoms with van der Waals surface area (Å²) in [5.41, 5.74) is 1.67. The number of benzene rings is 2. The van der Waals surface area contributed by atoms with Gasteiger partial charge >= 0.3 is 0 Å². The zero-order chi connectivity index (χ0) is 19.9. The van der Waals surface area contributed by atoms with Gasteiger partial charge in [-0.2, -0.15) is 0 Å². The molecule has 1 aliphatic heterocycles. The van der Waals surface area contributed by atoms with Crippen LogP contribution in [0.3, 0.4) is 0 Å². The van der Waals surface area contributed by atoms with Crippen LogP contribution in [-0.2, 0) is 6.54 Å². The molecule has 1 fully saturated rings. The number of hydrogen-bond donors (Lipinski definition) is 1. The van der Waals surface area contributed by atoms with Crippen LogP contribution in [0.2, 0.25) is 0 Å². The molecule has 28 heavy (non-hydrogen) atoms. The number of nitrogens with zero attached hydrogens (tertiary/aromatic N) is 1.